The number of likely N-dealkylation sites (tertiary alicyclic amines) is 2. The van der Waals surface area contributed by atoms with E-state index in [4.69, 9.17) is 4.74 Å². The van der Waals surface area contributed by atoms with Gasteiger partial charge in [0.05, 0.1) is 22.7 Å². The molecule has 0 spiro atoms. The predicted molar refractivity (Wildman–Crippen MR) is 208 cm³/mol. The van der Waals surface area contributed by atoms with E-state index in [-0.39, 0.29) is 41.8 Å². The number of hydrogen-bond acceptors (Lipinski definition) is 9. The molecule has 2 atom stereocenters. The Morgan fingerprint density at radius 3 is 2.45 bits per heavy atom. The third-order valence-electron chi connectivity index (χ3n) is 10.5. The van der Waals surface area contributed by atoms with Gasteiger partial charge in [-0.3, -0.25) is 38.7 Å². The molecule has 3 aliphatic rings. The van der Waals surface area contributed by atoms with Crippen LogP contribution in [0.15, 0.2) is 60.8 Å². The maximum absolute atomic E-state index is 13.5. The topological polar surface area (TPSA) is 151 Å². The SMILES string of the molecule is CN1C(=O)CCC(N2C(=O)c3cccc(C#CCCCc4ccc(C(=O)Nc5cc6c(cn5)cc([C@H]5CCCN5C)n6C(=O)OC(C)(C)C)cc4)c3C2=O)C1=O. The molecule has 2 aromatic heterocycles. The number of carbonyl (C=O) groups is 6. The zero-order valence-corrected chi connectivity index (χ0v) is 32.2. The average Bonchev–Trinajstić information content (AvgIpc) is 3.83. The van der Waals surface area contributed by atoms with Crippen molar-refractivity contribution in [2.24, 2.45) is 0 Å². The van der Waals surface area contributed by atoms with E-state index in [0.29, 0.717) is 41.7 Å². The molecule has 5 heterocycles. The number of amides is 5. The number of imide groups is 2. The van der Waals surface area contributed by atoms with Crippen molar-refractivity contribution in [3.05, 3.63) is 94.3 Å². The van der Waals surface area contributed by atoms with E-state index in [1.54, 1.807) is 47.2 Å². The fraction of sp³-hybridized carbons (Fsp3) is 0.372. The van der Waals surface area contributed by atoms with Crippen LogP contribution in [0.3, 0.4) is 0 Å². The van der Waals surface area contributed by atoms with Crippen LogP contribution in [-0.2, 0) is 20.7 Å². The molecule has 7 rings (SSSR count). The van der Waals surface area contributed by atoms with Crippen molar-refractivity contribution in [1.82, 2.24) is 24.3 Å². The summed E-state index contributed by atoms with van der Waals surface area (Å²) < 4.78 is 7.40. The number of aromatic nitrogens is 2. The van der Waals surface area contributed by atoms with Gasteiger partial charge in [0.25, 0.3) is 23.6 Å². The van der Waals surface area contributed by atoms with Gasteiger partial charge in [0.1, 0.15) is 17.5 Å². The molecule has 3 aliphatic heterocycles. The van der Waals surface area contributed by atoms with Gasteiger partial charge in [-0.25, -0.2) is 14.3 Å². The van der Waals surface area contributed by atoms with Crippen molar-refractivity contribution in [1.29, 1.82) is 0 Å². The standard InChI is InChI=1S/C43H44N6O7/c1-43(2,3)56-42(55)48-33-24-35(44-25-29(33)23-34(48)31-15-10-22-46(31)4)45-38(51)28-18-16-26(17-19-28)11-7-6-8-12-27-13-9-14-30-37(27)41(54)49(39(30)52)32-20-21-36(50)47(5)40(32)53/h9,13-14,16-19,23-25,31-32H,6-7,10-11,15,20-22H2,1-5H3,(H,44,45,51)/t31-,32?/m1/s1. The molecule has 4 aromatic rings. The Balaban J connectivity index is 0.978. The van der Waals surface area contributed by atoms with Crippen molar-refractivity contribution >= 4 is 52.3 Å². The largest absolute Gasteiger partial charge is 0.443 e. The predicted octanol–water partition coefficient (Wildman–Crippen LogP) is 5.96. The molecular weight excluding hydrogens is 713 g/mol. The van der Waals surface area contributed by atoms with Crippen LogP contribution in [-0.4, -0.2) is 92.2 Å². The van der Waals surface area contributed by atoms with Crippen molar-refractivity contribution in [2.75, 3.05) is 26.0 Å². The number of benzene rings is 2. The first-order chi connectivity index (χ1) is 26.7. The summed E-state index contributed by atoms with van der Waals surface area (Å²) in [6.07, 6.45) is 5.24. The summed E-state index contributed by atoms with van der Waals surface area (Å²) in [5.74, 6) is 4.08. The maximum atomic E-state index is 13.5. The molecule has 1 N–H and O–H groups in total. The molecule has 288 valence electrons. The van der Waals surface area contributed by atoms with Crippen molar-refractivity contribution in [2.45, 2.75) is 83.4 Å². The van der Waals surface area contributed by atoms with Gasteiger partial charge in [-0.15, -0.1) is 0 Å². The number of nitrogens with one attached hydrogen (secondary N) is 1. The molecule has 1 unspecified atom stereocenters. The minimum absolute atomic E-state index is 0.0606. The Morgan fingerprint density at radius 1 is 0.964 bits per heavy atom. The second-order valence-corrected chi connectivity index (χ2v) is 15.5. The number of carbonyl (C=O) groups excluding carboxylic acids is 6. The molecule has 2 saturated heterocycles. The fourth-order valence-corrected chi connectivity index (χ4v) is 7.61. The molecule has 0 aliphatic carbocycles. The summed E-state index contributed by atoms with van der Waals surface area (Å²) in [6.45, 7) is 6.43. The number of pyridine rings is 1. The number of likely N-dealkylation sites (N-methyl/N-ethyl adjacent to an activating group) is 1. The van der Waals surface area contributed by atoms with Crippen LogP contribution in [0.4, 0.5) is 10.6 Å². The lowest BCUT2D eigenvalue weighted by atomic mass is 10.0. The highest BCUT2D eigenvalue weighted by Crippen LogP contribution is 2.35. The molecule has 0 radical (unpaired) electrons. The molecule has 0 saturated carbocycles. The van der Waals surface area contributed by atoms with Crippen LogP contribution in [0, 0.1) is 11.8 Å². The normalized spacial score (nSPS) is 18.7. The lowest BCUT2D eigenvalue weighted by Gasteiger charge is -2.32. The van der Waals surface area contributed by atoms with E-state index < -0.39 is 35.5 Å². The van der Waals surface area contributed by atoms with Crippen LogP contribution >= 0.6 is 0 Å². The Labute approximate surface area is 325 Å². The van der Waals surface area contributed by atoms with Gasteiger partial charge in [0, 0.05) is 54.4 Å². The summed E-state index contributed by atoms with van der Waals surface area (Å²) in [4.78, 5) is 86.8. The number of nitrogens with zero attached hydrogens (tertiary/aromatic N) is 5. The van der Waals surface area contributed by atoms with Crippen LogP contribution in [0.25, 0.3) is 10.9 Å². The Hall–Kier alpha value is -6.13. The van der Waals surface area contributed by atoms with E-state index >= 15 is 0 Å². The monoisotopic (exact) mass is 756 g/mol. The van der Waals surface area contributed by atoms with E-state index in [1.165, 1.54) is 7.05 Å². The number of anilines is 1. The van der Waals surface area contributed by atoms with Crippen LogP contribution in [0.5, 0.6) is 0 Å². The van der Waals surface area contributed by atoms with Gasteiger partial charge >= 0.3 is 6.09 Å². The zero-order valence-electron chi connectivity index (χ0n) is 32.2. The second kappa shape index (κ2) is 15.2. The first-order valence-electron chi connectivity index (χ1n) is 18.9. The number of fused-ring (bicyclic) bond motifs is 2. The highest BCUT2D eigenvalue weighted by Gasteiger charge is 2.47. The van der Waals surface area contributed by atoms with Gasteiger partial charge in [-0.05, 0) is 102 Å². The highest BCUT2D eigenvalue weighted by molar-refractivity contribution is 6.24. The third-order valence-corrected chi connectivity index (χ3v) is 10.5. The molecule has 2 aromatic carbocycles. The lowest BCUT2D eigenvalue weighted by molar-refractivity contribution is -0.149. The number of hydrogen-bond donors (Lipinski definition) is 1. The van der Waals surface area contributed by atoms with Gasteiger partial charge in [0.2, 0.25) is 5.91 Å². The number of unbranched alkanes of at least 4 members (excludes halogenated alkanes) is 1. The maximum Gasteiger partial charge on any atom is 0.419 e. The second-order valence-electron chi connectivity index (χ2n) is 15.5. The van der Waals surface area contributed by atoms with E-state index in [1.807, 2.05) is 46.0 Å². The van der Waals surface area contributed by atoms with Gasteiger partial charge in [-0.2, -0.15) is 0 Å². The van der Waals surface area contributed by atoms with E-state index in [2.05, 4.69) is 27.0 Å². The summed E-state index contributed by atoms with van der Waals surface area (Å²) in [6, 6.07) is 14.9. The highest BCUT2D eigenvalue weighted by atomic mass is 16.6. The van der Waals surface area contributed by atoms with Gasteiger partial charge in [0.15, 0.2) is 0 Å². The summed E-state index contributed by atoms with van der Waals surface area (Å²) in [7, 11) is 3.41. The van der Waals surface area contributed by atoms with E-state index in [0.717, 1.165) is 45.8 Å². The Kier molecular flexibility index (Phi) is 10.3. The Morgan fingerprint density at radius 2 is 1.73 bits per heavy atom. The van der Waals surface area contributed by atoms with Crippen molar-refractivity contribution in [3.8, 4) is 11.8 Å². The lowest BCUT2D eigenvalue weighted by Crippen LogP contribution is -2.54. The molecule has 13 nitrogen and oxygen atoms in total. The third kappa shape index (κ3) is 7.44. The molecule has 0 bridgehead atoms. The van der Waals surface area contributed by atoms with Crippen molar-refractivity contribution in [3.63, 3.8) is 0 Å². The van der Waals surface area contributed by atoms with E-state index in [9.17, 15) is 28.8 Å². The van der Waals surface area contributed by atoms with Crippen molar-refractivity contribution < 1.29 is 33.5 Å². The minimum Gasteiger partial charge on any atom is -0.443 e. The minimum atomic E-state index is -1.02. The molecule has 56 heavy (non-hydrogen) atoms. The molecule has 5 amide bonds. The average molecular weight is 757 g/mol. The smallest absolute Gasteiger partial charge is 0.419 e. The van der Waals surface area contributed by atoms with Gasteiger partial charge in [-0.1, -0.05) is 30.0 Å². The number of piperidine rings is 1. The molecule has 13 heteroatoms. The first-order valence-corrected chi connectivity index (χ1v) is 18.9. The Bertz CT molecular complexity index is 2350. The summed E-state index contributed by atoms with van der Waals surface area (Å²) >= 11 is 0. The van der Waals surface area contributed by atoms with Crippen LogP contribution < -0.4 is 5.32 Å². The zero-order chi connectivity index (χ0) is 39.9. The number of ether oxygens (including phenoxy) is 1. The van der Waals surface area contributed by atoms with Crippen LogP contribution in [0.2, 0.25) is 0 Å². The quantitative estimate of drug-likeness (QED) is 0.137. The first kappa shape index (κ1) is 38.2. The van der Waals surface area contributed by atoms with Gasteiger partial charge < -0.3 is 10.1 Å². The summed E-state index contributed by atoms with van der Waals surface area (Å²) in [5.41, 5.74) is 3.02. The number of aryl methyl sites for hydroxylation is 1. The fourth-order valence-electron chi connectivity index (χ4n) is 7.61. The molecular formula is C43H44N6O7. The number of rotatable bonds is 7. The van der Waals surface area contributed by atoms with Crippen LogP contribution in [0.1, 0.15) is 113 Å². The summed E-state index contributed by atoms with van der Waals surface area (Å²) in [5, 5.41) is 3.65. The molecule has 2 fully saturated rings.